The average Bonchev–Trinajstić information content (AvgIpc) is 2.39. The number of carbonyl (C=O) groups excluding carboxylic acids is 1. The summed E-state index contributed by atoms with van der Waals surface area (Å²) in [5, 5.41) is 2.69. The molecule has 1 aromatic heterocycles. The molecular weight excluding hydrogens is 310 g/mol. The zero-order chi connectivity index (χ0) is 13.7. The second-order valence-electron chi connectivity index (χ2n) is 3.75. The summed E-state index contributed by atoms with van der Waals surface area (Å²) in [4.78, 5) is 15.7. The Kier molecular flexibility index (Phi) is 4.35. The molecule has 0 aliphatic heterocycles. The summed E-state index contributed by atoms with van der Waals surface area (Å²) in [5.41, 5.74) is 6.80. The topological polar surface area (TPSA) is 77.2 Å². The van der Waals surface area contributed by atoms with Crippen molar-refractivity contribution in [2.45, 2.75) is 0 Å². The maximum absolute atomic E-state index is 11.7. The van der Waals surface area contributed by atoms with E-state index in [1.54, 1.807) is 42.6 Å². The average molecular weight is 322 g/mol. The minimum absolute atomic E-state index is 0.0925. The Morgan fingerprint density at radius 3 is 2.95 bits per heavy atom. The van der Waals surface area contributed by atoms with Gasteiger partial charge in [0, 0.05) is 18.0 Å². The fourth-order valence-corrected chi connectivity index (χ4v) is 1.77. The summed E-state index contributed by atoms with van der Waals surface area (Å²) >= 11 is 3.25. The molecular formula is C13H12BrN3O2. The number of hydrogen-bond acceptors (Lipinski definition) is 4. The van der Waals surface area contributed by atoms with Crippen molar-refractivity contribution in [3.05, 3.63) is 47.2 Å². The Hall–Kier alpha value is -2.08. The van der Waals surface area contributed by atoms with E-state index in [0.29, 0.717) is 21.7 Å². The minimum atomic E-state index is -0.267. The highest BCUT2D eigenvalue weighted by atomic mass is 79.9. The van der Waals surface area contributed by atoms with Crippen LogP contribution in [0.4, 0.5) is 11.4 Å². The van der Waals surface area contributed by atoms with Crippen LogP contribution in [0.2, 0.25) is 0 Å². The van der Waals surface area contributed by atoms with Gasteiger partial charge in [0.1, 0.15) is 10.4 Å². The summed E-state index contributed by atoms with van der Waals surface area (Å²) in [7, 11) is 0. The van der Waals surface area contributed by atoms with E-state index in [2.05, 4.69) is 26.2 Å². The highest BCUT2D eigenvalue weighted by molar-refractivity contribution is 9.10. The van der Waals surface area contributed by atoms with E-state index < -0.39 is 0 Å². The van der Waals surface area contributed by atoms with Gasteiger partial charge in [0.2, 0.25) is 0 Å². The van der Waals surface area contributed by atoms with Crippen molar-refractivity contribution in [2.75, 3.05) is 17.7 Å². The second kappa shape index (κ2) is 6.19. The molecule has 0 atom stereocenters. The standard InChI is InChI=1S/C13H12BrN3O2/c14-13-11(5-2-6-16-13)17-12(18)8-19-10-4-1-3-9(15)7-10/h1-7H,8,15H2,(H,17,18). The zero-order valence-corrected chi connectivity index (χ0v) is 11.6. The molecule has 0 fully saturated rings. The van der Waals surface area contributed by atoms with Gasteiger partial charge in [-0.05, 0) is 40.2 Å². The van der Waals surface area contributed by atoms with Crippen LogP contribution in [0, 0.1) is 0 Å². The van der Waals surface area contributed by atoms with Crippen molar-refractivity contribution in [1.82, 2.24) is 4.98 Å². The summed E-state index contributed by atoms with van der Waals surface area (Å²) in [6.45, 7) is -0.0925. The summed E-state index contributed by atoms with van der Waals surface area (Å²) in [5.74, 6) is 0.288. The van der Waals surface area contributed by atoms with Crippen molar-refractivity contribution in [2.24, 2.45) is 0 Å². The fraction of sp³-hybridized carbons (Fsp3) is 0.0769. The van der Waals surface area contributed by atoms with Crippen molar-refractivity contribution in [1.29, 1.82) is 0 Å². The van der Waals surface area contributed by atoms with Gasteiger partial charge < -0.3 is 15.8 Å². The molecule has 3 N–H and O–H groups in total. The number of hydrogen-bond donors (Lipinski definition) is 2. The van der Waals surface area contributed by atoms with Gasteiger partial charge in [0.15, 0.2) is 6.61 Å². The van der Waals surface area contributed by atoms with Gasteiger partial charge in [-0.2, -0.15) is 0 Å². The van der Waals surface area contributed by atoms with E-state index in [1.807, 2.05) is 0 Å². The number of benzene rings is 1. The molecule has 0 aliphatic carbocycles. The number of rotatable bonds is 4. The number of anilines is 2. The molecule has 0 aliphatic rings. The summed E-state index contributed by atoms with van der Waals surface area (Å²) in [6, 6.07) is 10.4. The Morgan fingerprint density at radius 2 is 2.21 bits per heavy atom. The third kappa shape index (κ3) is 3.96. The van der Waals surface area contributed by atoms with Gasteiger partial charge in [-0.25, -0.2) is 4.98 Å². The second-order valence-corrected chi connectivity index (χ2v) is 4.50. The number of nitrogens with zero attached hydrogens (tertiary/aromatic N) is 1. The number of aromatic nitrogens is 1. The highest BCUT2D eigenvalue weighted by Gasteiger charge is 2.06. The molecule has 0 bridgehead atoms. The van der Waals surface area contributed by atoms with Crippen LogP contribution in [-0.4, -0.2) is 17.5 Å². The van der Waals surface area contributed by atoms with Gasteiger partial charge in [-0.1, -0.05) is 6.07 Å². The SMILES string of the molecule is Nc1cccc(OCC(=O)Nc2cccnc2Br)c1. The van der Waals surface area contributed by atoms with Crippen LogP contribution < -0.4 is 15.8 Å². The van der Waals surface area contributed by atoms with Gasteiger partial charge >= 0.3 is 0 Å². The third-order valence-corrected chi connectivity index (χ3v) is 2.89. The van der Waals surface area contributed by atoms with E-state index >= 15 is 0 Å². The predicted molar refractivity (Wildman–Crippen MR) is 76.9 cm³/mol. The first-order valence-electron chi connectivity index (χ1n) is 5.54. The quantitative estimate of drug-likeness (QED) is 0.669. The molecule has 5 nitrogen and oxygen atoms in total. The Bertz CT molecular complexity index is 590. The molecule has 2 aromatic rings. The van der Waals surface area contributed by atoms with E-state index in [4.69, 9.17) is 10.5 Å². The number of pyridine rings is 1. The first kappa shape index (κ1) is 13.4. The lowest BCUT2D eigenvalue weighted by atomic mass is 10.3. The smallest absolute Gasteiger partial charge is 0.262 e. The number of nitrogen functional groups attached to an aromatic ring is 1. The largest absolute Gasteiger partial charge is 0.484 e. The van der Waals surface area contributed by atoms with Crippen LogP contribution in [-0.2, 0) is 4.79 Å². The van der Waals surface area contributed by atoms with Gasteiger partial charge in [-0.15, -0.1) is 0 Å². The molecule has 0 unspecified atom stereocenters. The lowest BCUT2D eigenvalue weighted by Crippen LogP contribution is -2.20. The summed E-state index contributed by atoms with van der Waals surface area (Å²) < 4.78 is 5.91. The Balaban J connectivity index is 1.90. The molecule has 1 amide bonds. The molecule has 0 saturated carbocycles. The highest BCUT2D eigenvalue weighted by Crippen LogP contribution is 2.18. The van der Waals surface area contributed by atoms with Crippen molar-refractivity contribution < 1.29 is 9.53 Å². The third-order valence-electron chi connectivity index (χ3n) is 2.26. The monoisotopic (exact) mass is 321 g/mol. The van der Waals surface area contributed by atoms with Gasteiger partial charge in [0.05, 0.1) is 5.69 Å². The lowest BCUT2D eigenvalue weighted by Gasteiger charge is -2.08. The molecule has 0 saturated heterocycles. The van der Waals surface area contributed by atoms with Gasteiger partial charge in [0.25, 0.3) is 5.91 Å². The zero-order valence-electron chi connectivity index (χ0n) is 9.97. The van der Waals surface area contributed by atoms with Crippen LogP contribution in [0.25, 0.3) is 0 Å². The normalized spacial score (nSPS) is 9.95. The number of nitrogens with two attached hydrogens (primary N) is 1. The molecule has 6 heteroatoms. The first-order chi connectivity index (χ1) is 9.15. The fourth-order valence-electron chi connectivity index (χ4n) is 1.42. The van der Waals surface area contributed by atoms with Crippen molar-refractivity contribution in [3.63, 3.8) is 0 Å². The molecule has 1 aromatic carbocycles. The van der Waals surface area contributed by atoms with Crippen LogP contribution in [0.1, 0.15) is 0 Å². The molecule has 0 radical (unpaired) electrons. The number of ether oxygens (including phenoxy) is 1. The number of halogens is 1. The Labute approximate surface area is 118 Å². The number of carbonyl (C=O) groups is 1. The van der Waals surface area contributed by atoms with Crippen LogP contribution >= 0.6 is 15.9 Å². The molecule has 2 rings (SSSR count). The first-order valence-corrected chi connectivity index (χ1v) is 6.33. The van der Waals surface area contributed by atoms with Crippen molar-refractivity contribution in [3.8, 4) is 5.75 Å². The van der Waals surface area contributed by atoms with E-state index in [1.165, 1.54) is 0 Å². The van der Waals surface area contributed by atoms with E-state index in [-0.39, 0.29) is 12.5 Å². The number of amides is 1. The molecule has 98 valence electrons. The van der Waals surface area contributed by atoms with Crippen LogP contribution in [0.5, 0.6) is 5.75 Å². The number of nitrogens with one attached hydrogen (secondary N) is 1. The van der Waals surface area contributed by atoms with Crippen LogP contribution in [0.15, 0.2) is 47.2 Å². The van der Waals surface area contributed by atoms with Crippen molar-refractivity contribution >= 4 is 33.2 Å². The molecule has 1 heterocycles. The maximum atomic E-state index is 11.7. The molecule has 0 spiro atoms. The Morgan fingerprint density at radius 1 is 1.37 bits per heavy atom. The predicted octanol–water partition coefficient (Wildman–Crippen LogP) is 2.44. The van der Waals surface area contributed by atoms with E-state index in [9.17, 15) is 4.79 Å². The molecule has 19 heavy (non-hydrogen) atoms. The maximum Gasteiger partial charge on any atom is 0.262 e. The summed E-state index contributed by atoms with van der Waals surface area (Å²) in [6.07, 6.45) is 1.63. The minimum Gasteiger partial charge on any atom is -0.484 e. The van der Waals surface area contributed by atoms with Gasteiger partial charge in [-0.3, -0.25) is 4.79 Å². The van der Waals surface area contributed by atoms with E-state index in [0.717, 1.165) is 0 Å². The van der Waals surface area contributed by atoms with Crippen LogP contribution in [0.3, 0.4) is 0 Å². The lowest BCUT2D eigenvalue weighted by molar-refractivity contribution is -0.118.